The van der Waals surface area contributed by atoms with Crippen molar-refractivity contribution in [2.24, 2.45) is 0 Å². The smallest absolute Gasteiger partial charge is 0.240 e. The molecular weight excluding hydrogens is 364 g/mol. The van der Waals surface area contributed by atoms with Gasteiger partial charge in [0.05, 0.1) is 5.69 Å². The summed E-state index contributed by atoms with van der Waals surface area (Å²) < 4.78 is 5.94. The Morgan fingerprint density at radius 1 is 0.897 bits per heavy atom. The van der Waals surface area contributed by atoms with Crippen LogP contribution in [-0.2, 0) is 16.1 Å². The highest BCUT2D eigenvalue weighted by Crippen LogP contribution is 2.32. The van der Waals surface area contributed by atoms with E-state index < -0.39 is 0 Å². The predicted octanol–water partition coefficient (Wildman–Crippen LogP) is 4.46. The molecule has 0 spiro atoms. The van der Waals surface area contributed by atoms with Crippen LogP contribution in [0.3, 0.4) is 0 Å². The second-order valence-corrected chi connectivity index (χ2v) is 6.75. The van der Waals surface area contributed by atoms with Gasteiger partial charge in [-0.25, -0.2) is 0 Å². The quantitative estimate of drug-likeness (QED) is 0.650. The molecule has 29 heavy (non-hydrogen) atoms. The fourth-order valence-corrected chi connectivity index (χ4v) is 2.85. The van der Waals surface area contributed by atoms with Crippen molar-refractivity contribution in [3.05, 3.63) is 90.0 Å². The molecule has 0 aliphatic heterocycles. The Morgan fingerprint density at radius 2 is 1.55 bits per heavy atom. The lowest BCUT2D eigenvalue weighted by molar-refractivity contribution is -0.123. The van der Waals surface area contributed by atoms with Crippen molar-refractivity contribution in [1.82, 2.24) is 5.32 Å². The van der Waals surface area contributed by atoms with Crippen molar-refractivity contribution >= 4 is 17.5 Å². The number of para-hydroxylation sites is 3. The zero-order chi connectivity index (χ0) is 20.6. The zero-order valence-corrected chi connectivity index (χ0v) is 16.6. The summed E-state index contributed by atoms with van der Waals surface area (Å²) in [4.78, 5) is 26.2. The largest absolute Gasteiger partial charge is 0.455 e. The molecule has 3 rings (SSSR count). The highest BCUT2D eigenvalue weighted by Gasteiger charge is 2.19. The van der Waals surface area contributed by atoms with Crippen molar-refractivity contribution < 1.29 is 14.3 Å². The van der Waals surface area contributed by atoms with Crippen LogP contribution in [0.25, 0.3) is 0 Å². The number of hydrogen-bond acceptors (Lipinski definition) is 3. The molecule has 0 unspecified atom stereocenters. The zero-order valence-electron chi connectivity index (χ0n) is 16.6. The number of amides is 2. The Kier molecular flexibility index (Phi) is 6.63. The number of anilines is 1. The van der Waals surface area contributed by atoms with Crippen LogP contribution in [-0.4, -0.2) is 18.4 Å². The minimum atomic E-state index is -0.240. The molecule has 5 heteroatoms. The molecule has 0 radical (unpaired) electrons. The lowest BCUT2D eigenvalue weighted by atomic mass is 10.1. The Bertz CT molecular complexity index is 969. The molecule has 0 fully saturated rings. The van der Waals surface area contributed by atoms with Gasteiger partial charge in [0.25, 0.3) is 0 Å². The van der Waals surface area contributed by atoms with Gasteiger partial charge in [-0.2, -0.15) is 0 Å². The van der Waals surface area contributed by atoms with E-state index in [4.69, 9.17) is 4.74 Å². The number of nitrogens with one attached hydrogen (secondary N) is 1. The van der Waals surface area contributed by atoms with E-state index >= 15 is 0 Å². The van der Waals surface area contributed by atoms with E-state index in [1.807, 2.05) is 73.7 Å². The average Bonchev–Trinajstić information content (AvgIpc) is 2.73. The lowest BCUT2D eigenvalue weighted by Crippen LogP contribution is -2.39. The first-order valence-electron chi connectivity index (χ1n) is 9.45. The Hall–Kier alpha value is -3.60. The van der Waals surface area contributed by atoms with Crippen molar-refractivity contribution in [2.45, 2.75) is 20.4 Å². The van der Waals surface area contributed by atoms with Crippen LogP contribution in [0, 0.1) is 6.92 Å². The fraction of sp³-hybridized carbons (Fsp3) is 0.167. The molecule has 2 amide bonds. The standard InChI is InChI=1S/C24H24N2O3/c1-18-12-14-20(15-13-18)16-25-24(28)17-26(19(2)27)22-10-6-7-11-23(22)29-21-8-4-3-5-9-21/h3-15H,16-17H2,1-2H3,(H,25,28). The maximum Gasteiger partial charge on any atom is 0.240 e. The molecule has 5 nitrogen and oxygen atoms in total. The maximum absolute atomic E-state index is 12.5. The summed E-state index contributed by atoms with van der Waals surface area (Å²) in [5, 5.41) is 2.87. The van der Waals surface area contributed by atoms with E-state index in [-0.39, 0.29) is 18.4 Å². The molecule has 1 N–H and O–H groups in total. The van der Waals surface area contributed by atoms with Crippen LogP contribution >= 0.6 is 0 Å². The van der Waals surface area contributed by atoms with Crippen LogP contribution in [0.2, 0.25) is 0 Å². The second kappa shape index (κ2) is 9.55. The van der Waals surface area contributed by atoms with Gasteiger partial charge >= 0.3 is 0 Å². The van der Waals surface area contributed by atoms with Gasteiger partial charge in [-0.1, -0.05) is 60.2 Å². The first-order valence-corrected chi connectivity index (χ1v) is 9.45. The molecule has 0 aliphatic rings. The molecular formula is C24H24N2O3. The summed E-state index contributed by atoms with van der Waals surface area (Å²) in [6.45, 7) is 3.78. The number of hydrogen-bond donors (Lipinski definition) is 1. The van der Waals surface area contributed by atoms with Crippen LogP contribution in [0.1, 0.15) is 18.1 Å². The van der Waals surface area contributed by atoms with Gasteiger partial charge in [-0.05, 0) is 36.8 Å². The van der Waals surface area contributed by atoms with Gasteiger partial charge < -0.3 is 10.1 Å². The summed E-state index contributed by atoms with van der Waals surface area (Å²) in [5.41, 5.74) is 2.72. The highest BCUT2D eigenvalue weighted by atomic mass is 16.5. The van der Waals surface area contributed by atoms with Gasteiger partial charge in [0.2, 0.25) is 11.8 Å². The third kappa shape index (κ3) is 5.69. The maximum atomic E-state index is 12.5. The number of nitrogens with zero attached hydrogens (tertiary/aromatic N) is 1. The molecule has 148 valence electrons. The number of benzene rings is 3. The normalized spacial score (nSPS) is 10.3. The molecule has 3 aromatic rings. The fourth-order valence-electron chi connectivity index (χ4n) is 2.85. The predicted molar refractivity (Wildman–Crippen MR) is 114 cm³/mol. The van der Waals surface area contributed by atoms with E-state index in [0.717, 1.165) is 11.1 Å². The van der Waals surface area contributed by atoms with Crippen LogP contribution < -0.4 is 15.0 Å². The summed E-state index contributed by atoms with van der Waals surface area (Å²) in [6.07, 6.45) is 0. The third-order valence-corrected chi connectivity index (χ3v) is 4.42. The number of aryl methyl sites for hydroxylation is 1. The van der Waals surface area contributed by atoms with E-state index in [1.165, 1.54) is 11.8 Å². The minimum Gasteiger partial charge on any atom is -0.455 e. The van der Waals surface area contributed by atoms with Crippen LogP contribution in [0.5, 0.6) is 11.5 Å². The van der Waals surface area contributed by atoms with Gasteiger partial charge in [-0.3, -0.25) is 14.5 Å². The first kappa shape index (κ1) is 20.1. The molecule has 0 aromatic heterocycles. The molecule has 0 saturated carbocycles. The number of carbonyl (C=O) groups is 2. The van der Waals surface area contributed by atoms with Crippen molar-refractivity contribution in [1.29, 1.82) is 0 Å². The second-order valence-electron chi connectivity index (χ2n) is 6.75. The first-order chi connectivity index (χ1) is 14.0. The number of ether oxygens (including phenoxy) is 1. The van der Waals surface area contributed by atoms with E-state index in [1.54, 1.807) is 12.1 Å². The van der Waals surface area contributed by atoms with Gasteiger partial charge in [0.15, 0.2) is 5.75 Å². The molecule has 0 saturated heterocycles. The molecule has 0 aliphatic carbocycles. The van der Waals surface area contributed by atoms with Crippen molar-refractivity contribution in [2.75, 3.05) is 11.4 Å². The Labute approximate surface area is 170 Å². The van der Waals surface area contributed by atoms with Gasteiger partial charge in [-0.15, -0.1) is 0 Å². The summed E-state index contributed by atoms with van der Waals surface area (Å²) >= 11 is 0. The lowest BCUT2D eigenvalue weighted by Gasteiger charge is -2.23. The molecule has 3 aromatic carbocycles. The summed E-state index contributed by atoms with van der Waals surface area (Å²) in [5.74, 6) is 0.697. The van der Waals surface area contributed by atoms with Crippen LogP contribution in [0.15, 0.2) is 78.9 Å². The highest BCUT2D eigenvalue weighted by molar-refractivity contribution is 5.98. The summed E-state index contributed by atoms with van der Waals surface area (Å²) in [7, 11) is 0. The van der Waals surface area contributed by atoms with Gasteiger partial charge in [0, 0.05) is 13.5 Å². The molecule has 0 atom stereocenters. The average molecular weight is 388 g/mol. The van der Waals surface area contributed by atoms with E-state index in [9.17, 15) is 9.59 Å². The SMILES string of the molecule is CC(=O)N(CC(=O)NCc1ccc(C)cc1)c1ccccc1Oc1ccccc1. The third-order valence-electron chi connectivity index (χ3n) is 4.42. The molecule has 0 heterocycles. The van der Waals surface area contributed by atoms with Crippen molar-refractivity contribution in [3.8, 4) is 11.5 Å². The molecule has 0 bridgehead atoms. The van der Waals surface area contributed by atoms with E-state index in [2.05, 4.69) is 5.32 Å². The minimum absolute atomic E-state index is 0.0869. The Morgan fingerprint density at radius 3 is 2.24 bits per heavy atom. The van der Waals surface area contributed by atoms with Crippen LogP contribution in [0.4, 0.5) is 5.69 Å². The van der Waals surface area contributed by atoms with E-state index in [0.29, 0.717) is 23.7 Å². The monoisotopic (exact) mass is 388 g/mol. The van der Waals surface area contributed by atoms with Gasteiger partial charge in [0.1, 0.15) is 12.3 Å². The number of rotatable bonds is 7. The summed E-state index contributed by atoms with van der Waals surface area (Å²) in [6, 6.07) is 24.5. The Balaban J connectivity index is 1.71. The van der Waals surface area contributed by atoms with Crippen molar-refractivity contribution in [3.63, 3.8) is 0 Å². The topological polar surface area (TPSA) is 58.6 Å². The number of carbonyl (C=O) groups excluding carboxylic acids is 2.